The van der Waals surface area contributed by atoms with Gasteiger partial charge in [0, 0.05) is 11.5 Å². The van der Waals surface area contributed by atoms with Crippen LogP contribution in [0.15, 0.2) is 22.7 Å². The monoisotopic (exact) mass is 300 g/mol. The van der Waals surface area contributed by atoms with E-state index < -0.39 is 11.9 Å². The molecule has 92 valence electrons. The molecule has 3 amide bonds. The number of primary amides is 1. The van der Waals surface area contributed by atoms with Crippen LogP contribution in [-0.4, -0.2) is 25.5 Å². The maximum Gasteiger partial charge on any atom is 0.318 e. The predicted molar refractivity (Wildman–Crippen MR) is 69.6 cm³/mol. The van der Waals surface area contributed by atoms with Crippen LogP contribution in [-0.2, 0) is 4.79 Å². The van der Waals surface area contributed by atoms with E-state index in [2.05, 4.69) is 15.9 Å². The highest BCUT2D eigenvalue weighted by Crippen LogP contribution is 2.25. The quantitative estimate of drug-likeness (QED) is 0.714. The Kier molecular flexibility index (Phi) is 4.33. The Bertz CT molecular complexity index is 450. The van der Waals surface area contributed by atoms with Crippen molar-refractivity contribution in [2.45, 2.75) is 0 Å². The van der Waals surface area contributed by atoms with E-state index in [1.54, 1.807) is 24.1 Å². The fourth-order valence-corrected chi connectivity index (χ4v) is 1.73. The van der Waals surface area contributed by atoms with Crippen LogP contribution in [0.4, 0.5) is 16.2 Å². The second kappa shape index (κ2) is 5.53. The molecule has 0 unspecified atom stereocenters. The van der Waals surface area contributed by atoms with Crippen LogP contribution < -0.4 is 21.7 Å². The standard InChI is InChI=1S/C10H13BrN4O2/c1-15(5-9(16)14-10(13)17)8-3-2-6(11)4-7(8)12/h2-4H,5,12H2,1H3,(H3,13,14,16,17). The maximum atomic E-state index is 11.3. The van der Waals surface area contributed by atoms with Gasteiger partial charge in [0.05, 0.1) is 17.9 Å². The summed E-state index contributed by atoms with van der Waals surface area (Å²) in [4.78, 5) is 23.4. The van der Waals surface area contributed by atoms with E-state index in [1.807, 2.05) is 11.4 Å². The summed E-state index contributed by atoms with van der Waals surface area (Å²) in [6.45, 7) is -0.00519. The lowest BCUT2D eigenvalue weighted by atomic mass is 10.2. The number of benzene rings is 1. The molecule has 1 rings (SSSR count). The van der Waals surface area contributed by atoms with Gasteiger partial charge in [-0.05, 0) is 18.2 Å². The van der Waals surface area contributed by atoms with Gasteiger partial charge in [-0.3, -0.25) is 10.1 Å². The molecule has 0 saturated heterocycles. The van der Waals surface area contributed by atoms with Gasteiger partial charge in [-0.25, -0.2) is 4.79 Å². The largest absolute Gasteiger partial charge is 0.397 e. The van der Waals surface area contributed by atoms with E-state index in [4.69, 9.17) is 11.5 Å². The minimum Gasteiger partial charge on any atom is -0.397 e. The third kappa shape index (κ3) is 3.95. The van der Waals surface area contributed by atoms with E-state index in [-0.39, 0.29) is 6.54 Å². The lowest BCUT2D eigenvalue weighted by Crippen LogP contribution is -2.41. The lowest BCUT2D eigenvalue weighted by Gasteiger charge is -2.20. The van der Waals surface area contributed by atoms with Gasteiger partial charge >= 0.3 is 6.03 Å². The number of hydrogen-bond acceptors (Lipinski definition) is 4. The van der Waals surface area contributed by atoms with Crippen molar-refractivity contribution >= 4 is 39.2 Å². The third-order valence-corrected chi connectivity index (χ3v) is 2.54. The number of nitrogen functional groups attached to an aromatic ring is 1. The number of nitrogens with zero attached hydrogens (tertiary/aromatic N) is 1. The molecule has 7 heteroatoms. The second-order valence-electron chi connectivity index (χ2n) is 3.47. The molecular formula is C10H13BrN4O2. The summed E-state index contributed by atoms with van der Waals surface area (Å²) in [6.07, 6.45) is 0. The Labute approximate surface area is 107 Å². The van der Waals surface area contributed by atoms with Crippen molar-refractivity contribution < 1.29 is 9.59 Å². The van der Waals surface area contributed by atoms with Crippen molar-refractivity contribution in [1.82, 2.24) is 5.32 Å². The Morgan fingerprint density at radius 2 is 2.12 bits per heavy atom. The number of imide groups is 1. The first-order valence-corrected chi connectivity index (χ1v) is 5.55. The number of amides is 3. The lowest BCUT2D eigenvalue weighted by molar-refractivity contribution is -0.118. The van der Waals surface area contributed by atoms with Crippen LogP contribution in [0.5, 0.6) is 0 Å². The second-order valence-corrected chi connectivity index (χ2v) is 4.39. The van der Waals surface area contributed by atoms with Crippen LogP contribution in [0.1, 0.15) is 0 Å². The van der Waals surface area contributed by atoms with Crippen LogP contribution in [0.2, 0.25) is 0 Å². The summed E-state index contributed by atoms with van der Waals surface area (Å²) in [5.41, 5.74) is 11.9. The molecule has 0 heterocycles. The first-order chi connectivity index (χ1) is 7.90. The Morgan fingerprint density at radius 3 is 2.65 bits per heavy atom. The molecule has 0 saturated carbocycles. The molecule has 6 nitrogen and oxygen atoms in total. The van der Waals surface area contributed by atoms with E-state index in [0.29, 0.717) is 11.4 Å². The van der Waals surface area contributed by atoms with E-state index in [9.17, 15) is 9.59 Å². The molecule has 0 spiro atoms. The summed E-state index contributed by atoms with van der Waals surface area (Å²) in [7, 11) is 1.69. The highest BCUT2D eigenvalue weighted by atomic mass is 79.9. The number of rotatable bonds is 3. The summed E-state index contributed by atoms with van der Waals surface area (Å²) in [5.74, 6) is -0.484. The number of nitrogens with one attached hydrogen (secondary N) is 1. The number of carbonyl (C=O) groups is 2. The predicted octanol–water partition coefficient (Wildman–Crippen LogP) is 0.662. The molecular weight excluding hydrogens is 288 g/mol. The number of nitrogens with two attached hydrogens (primary N) is 2. The van der Waals surface area contributed by atoms with E-state index in [0.717, 1.165) is 4.47 Å². The van der Waals surface area contributed by atoms with E-state index >= 15 is 0 Å². The van der Waals surface area contributed by atoms with Gasteiger partial charge in [0.15, 0.2) is 0 Å². The van der Waals surface area contributed by atoms with Gasteiger partial charge in [0.1, 0.15) is 0 Å². The van der Waals surface area contributed by atoms with E-state index in [1.165, 1.54) is 0 Å². The van der Waals surface area contributed by atoms with Gasteiger partial charge in [-0.15, -0.1) is 0 Å². The van der Waals surface area contributed by atoms with Crippen molar-refractivity contribution in [3.63, 3.8) is 0 Å². The average molecular weight is 301 g/mol. The topological polar surface area (TPSA) is 101 Å². The first kappa shape index (κ1) is 13.3. The number of likely N-dealkylation sites (N-methyl/N-ethyl adjacent to an activating group) is 1. The van der Waals surface area contributed by atoms with Crippen molar-refractivity contribution in [2.24, 2.45) is 5.73 Å². The van der Waals surface area contributed by atoms with Crippen LogP contribution in [0.3, 0.4) is 0 Å². The van der Waals surface area contributed by atoms with Crippen molar-refractivity contribution in [3.8, 4) is 0 Å². The van der Waals surface area contributed by atoms with Crippen LogP contribution in [0, 0.1) is 0 Å². The molecule has 0 aliphatic rings. The molecule has 0 radical (unpaired) electrons. The zero-order chi connectivity index (χ0) is 13.0. The molecule has 1 aromatic carbocycles. The molecule has 0 atom stereocenters. The van der Waals surface area contributed by atoms with Crippen molar-refractivity contribution in [2.75, 3.05) is 24.2 Å². The molecule has 0 aromatic heterocycles. The number of hydrogen-bond donors (Lipinski definition) is 3. The molecule has 0 aliphatic carbocycles. The Hall–Kier alpha value is -1.76. The van der Waals surface area contributed by atoms with Gasteiger partial charge in [0.25, 0.3) is 0 Å². The molecule has 5 N–H and O–H groups in total. The average Bonchev–Trinajstić information content (AvgIpc) is 2.15. The Balaban J connectivity index is 2.73. The van der Waals surface area contributed by atoms with Gasteiger partial charge in [-0.1, -0.05) is 15.9 Å². The smallest absolute Gasteiger partial charge is 0.318 e. The van der Waals surface area contributed by atoms with Crippen LogP contribution >= 0.6 is 15.9 Å². The number of halogens is 1. The zero-order valence-corrected chi connectivity index (χ0v) is 10.8. The molecule has 17 heavy (non-hydrogen) atoms. The summed E-state index contributed by atoms with van der Waals surface area (Å²) < 4.78 is 0.855. The van der Waals surface area contributed by atoms with Crippen molar-refractivity contribution in [3.05, 3.63) is 22.7 Å². The van der Waals surface area contributed by atoms with Gasteiger partial charge < -0.3 is 16.4 Å². The first-order valence-electron chi connectivity index (χ1n) is 4.75. The number of carbonyl (C=O) groups excluding carboxylic acids is 2. The normalized spacial score (nSPS) is 9.76. The van der Waals surface area contributed by atoms with Gasteiger partial charge in [0.2, 0.25) is 5.91 Å². The highest BCUT2D eigenvalue weighted by molar-refractivity contribution is 9.10. The summed E-state index contributed by atoms with van der Waals surface area (Å²) >= 11 is 3.29. The molecule has 0 aliphatic heterocycles. The maximum absolute atomic E-state index is 11.3. The molecule has 0 bridgehead atoms. The number of anilines is 2. The van der Waals surface area contributed by atoms with Crippen LogP contribution in [0.25, 0.3) is 0 Å². The molecule has 1 aromatic rings. The SMILES string of the molecule is CN(CC(=O)NC(N)=O)c1ccc(Br)cc1N. The summed E-state index contributed by atoms with van der Waals surface area (Å²) in [6, 6.07) is 4.45. The van der Waals surface area contributed by atoms with Crippen molar-refractivity contribution in [1.29, 1.82) is 0 Å². The zero-order valence-electron chi connectivity index (χ0n) is 9.24. The molecule has 0 fully saturated rings. The number of urea groups is 1. The minimum absolute atomic E-state index is 0.00519. The third-order valence-electron chi connectivity index (χ3n) is 2.04. The fourth-order valence-electron chi connectivity index (χ4n) is 1.35. The minimum atomic E-state index is -0.868. The summed E-state index contributed by atoms with van der Waals surface area (Å²) in [5, 5.41) is 1.98. The highest BCUT2D eigenvalue weighted by Gasteiger charge is 2.11. The van der Waals surface area contributed by atoms with Gasteiger partial charge in [-0.2, -0.15) is 0 Å². The fraction of sp³-hybridized carbons (Fsp3) is 0.200. The Morgan fingerprint density at radius 1 is 1.47 bits per heavy atom.